The van der Waals surface area contributed by atoms with E-state index in [0.29, 0.717) is 23.0 Å². The Morgan fingerprint density at radius 1 is 1.23 bits per heavy atom. The monoisotopic (exact) mass is 326 g/mol. The predicted octanol–water partition coefficient (Wildman–Crippen LogP) is 1.81. The third kappa shape index (κ3) is 3.15. The lowest BCUT2D eigenvalue weighted by Gasteiger charge is -2.34. The maximum atomic E-state index is 12.8. The van der Waals surface area contributed by atoms with Crippen LogP contribution in [0, 0.1) is 11.8 Å². The fraction of sp³-hybridized carbons (Fsp3) is 0.562. The van der Waals surface area contributed by atoms with Crippen LogP contribution in [0.2, 0.25) is 0 Å². The number of nitrogens with zero attached hydrogens (tertiary/aromatic N) is 1. The summed E-state index contributed by atoms with van der Waals surface area (Å²) in [6.45, 7) is 3.76. The average molecular weight is 327 g/mol. The van der Waals surface area contributed by atoms with Gasteiger partial charge >= 0.3 is 0 Å². The number of carbonyl (C=O) groups excluding carboxylic acids is 1. The van der Waals surface area contributed by atoms with Crippen LogP contribution in [0.3, 0.4) is 0 Å². The SMILES string of the molecule is COc1ccc(OC)c(C(=O)N2CCC3CNCC3C2)c1.Cl. The van der Waals surface area contributed by atoms with Crippen molar-refractivity contribution in [3.63, 3.8) is 0 Å². The topological polar surface area (TPSA) is 50.8 Å². The number of halogens is 1. The Morgan fingerprint density at radius 3 is 2.73 bits per heavy atom. The molecule has 22 heavy (non-hydrogen) atoms. The maximum absolute atomic E-state index is 12.8. The van der Waals surface area contributed by atoms with Gasteiger partial charge in [0.05, 0.1) is 19.8 Å². The normalized spacial score (nSPS) is 23.5. The second-order valence-corrected chi connectivity index (χ2v) is 5.78. The van der Waals surface area contributed by atoms with Crippen LogP contribution in [-0.4, -0.2) is 51.2 Å². The van der Waals surface area contributed by atoms with E-state index in [1.54, 1.807) is 26.4 Å². The summed E-state index contributed by atoms with van der Waals surface area (Å²) in [6, 6.07) is 5.36. The van der Waals surface area contributed by atoms with E-state index >= 15 is 0 Å². The number of methoxy groups -OCH3 is 2. The summed E-state index contributed by atoms with van der Waals surface area (Å²) >= 11 is 0. The summed E-state index contributed by atoms with van der Waals surface area (Å²) < 4.78 is 10.6. The van der Waals surface area contributed by atoms with E-state index < -0.39 is 0 Å². The van der Waals surface area contributed by atoms with Crippen molar-refractivity contribution in [2.24, 2.45) is 11.8 Å². The molecule has 2 atom stereocenters. The first kappa shape index (κ1) is 16.9. The molecule has 2 fully saturated rings. The Labute approximate surface area is 137 Å². The largest absolute Gasteiger partial charge is 0.497 e. The van der Waals surface area contributed by atoms with Crippen molar-refractivity contribution in [3.8, 4) is 11.5 Å². The number of benzene rings is 1. The van der Waals surface area contributed by atoms with Gasteiger partial charge in [-0.1, -0.05) is 0 Å². The zero-order chi connectivity index (χ0) is 14.8. The fourth-order valence-corrected chi connectivity index (χ4v) is 3.37. The minimum atomic E-state index is 0. The molecule has 2 aliphatic heterocycles. The molecule has 2 aliphatic rings. The smallest absolute Gasteiger partial charge is 0.257 e. The standard InChI is InChI=1S/C16H22N2O3.ClH/c1-20-13-3-4-15(21-2)14(7-13)16(19)18-6-5-11-8-17-9-12(11)10-18;/h3-4,7,11-12,17H,5-6,8-10H2,1-2H3;1H. The number of piperidine rings is 1. The van der Waals surface area contributed by atoms with E-state index in [1.807, 2.05) is 11.0 Å². The van der Waals surface area contributed by atoms with Crippen LogP contribution in [0.1, 0.15) is 16.8 Å². The van der Waals surface area contributed by atoms with Crippen molar-refractivity contribution in [2.45, 2.75) is 6.42 Å². The highest BCUT2D eigenvalue weighted by Gasteiger charge is 2.35. The minimum absolute atomic E-state index is 0. The van der Waals surface area contributed by atoms with E-state index in [1.165, 1.54) is 0 Å². The molecule has 1 aromatic carbocycles. The number of hydrogen-bond acceptors (Lipinski definition) is 4. The number of ether oxygens (including phenoxy) is 2. The molecule has 1 aromatic rings. The van der Waals surface area contributed by atoms with Crippen LogP contribution in [0.5, 0.6) is 11.5 Å². The molecule has 5 nitrogen and oxygen atoms in total. The minimum Gasteiger partial charge on any atom is -0.497 e. The molecule has 0 radical (unpaired) electrons. The highest BCUT2D eigenvalue weighted by Crippen LogP contribution is 2.30. The molecule has 0 saturated carbocycles. The van der Waals surface area contributed by atoms with Crippen molar-refractivity contribution in [1.82, 2.24) is 10.2 Å². The summed E-state index contributed by atoms with van der Waals surface area (Å²) in [5, 5.41) is 3.42. The third-order valence-corrected chi connectivity index (χ3v) is 4.63. The summed E-state index contributed by atoms with van der Waals surface area (Å²) in [6.07, 6.45) is 1.08. The molecule has 0 aliphatic carbocycles. The van der Waals surface area contributed by atoms with Gasteiger partial charge in [0.2, 0.25) is 0 Å². The summed E-state index contributed by atoms with van der Waals surface area (Å²) in [4.78, 5) is 14.8. The highest BCUT2D eigenvalue weighted by molar-refractivity contribution is 5.97. The van der Waals surface area contributed by atoms with Gasteiger partial charge in [-0.2, -0.15) is 0 Å². The molecule has 2 unspecified atom stereocenters. The Hall–Kier alpha value is -1.46. The molecule has 2 saturated heterocycles. The molecule has 2 heterocycles. The van der Waals surface area contributed by atoms with Crippen molar-refractivity contribution >= 4 is 18.3 Å². The lowest BCUT2D eigenvalue weighted by molar-refractivity contribution is 0.0639. The Morgan fingerprint density at radius 2 is 2.00 bits per heavy atom. The van der Waals surface area contributed by atoms with Crippen LogP contribution in [0.25, 0.3) is 0 Å². The van der Waals surface area contributed by atoms with E-state index in [9.17, 15) is 4.79 Å². The number of carbonyl (C=O) groups is 1. The summed E-state index contributed by atoms with van der Waals surface area (Å²) in [7, 11) is 3.19. The second-order valence-electron chi connectivity index (χ2n) is 5.78. The Bertz CT molecular complexity index is 538. The van der Waals surface area contributed by atoms with Gasteiger partial charge in [0.25, 0.3) is 5.91 Å². The van der Waals surface area contributed by atoms with Gasteiger partial charge in [0, 0.05) is 13.1 Å². The van der Waals surface area contributed by atoms with Gasteiger partial charge in [0.15, 0.2) is 0 Å². The van der Waals surface area contributed by atoms with Crippen LogP contribution in [0.15, 0.2) is 18.2 Å². The van der Waals surface area contributed by atoms with Gasteiger partial charge in [-0.25, -0.2) is 0 Å². The Balaban J connectivity index is 0.00000176. The fourth-order valence-electron chi connectivity index (χ4n) is 3.37. The zero-order valence-electron chi connectivity index (χ0n) is 13.0. The van der Waals surface area contributed by atoms with Crippen LogP contribution < -0.4 is 14.8 Å². The van der Waals surface area contributed by atoms with E-state index in [0.717, 1.165) is 38.5 Å². The van der Waals surface area contributed by atoms with Gasteiger partial charge in [-0.05, 0) is 49.5 Å². The van der Waals surface area contributed by atoms with Crippen LogP contribution in [-0.2, 0) is 0 Å². The molecular formula is C16H23ClN2O3. The zero-order valence-corrected chi connectivity index (χ0v) is 13.8. The van der Waals surface area contributed by atoms with Crippen molar-refractivity contribution in [1.29, 1.82) is 0 Å². The van der Waals surface area contributed by atoms with Crippen molar-refractivity contribution < 1.29 is 14.3 Å². The molecule has 6 heteroatoms. The lowest BCUT2D eigenvalue weighted by Crippen LogP contribution is -2.43. The van der Waals surface area contributed by atoms with Gasteiger partial charge in [-0.3, -0.25) is 4.79 Å². The van der Waals surface area contributed by atoms with Crippen molar-refractivity contribution in [2.75, 3.05) is 40.4 Å². The van der Waals surface area contributed by atoms with Crippen LogP contribution in [0.4, 0.5) is 0 Å². The van der Waals surface area contributed by atoms with Gasteiger partial charge in [-0.15, -0.1) is 12.4 Å². The summed E-state index contributed by atoms with van der Waals surface area (Å²) in [5.74, 6) is 2.63. The molecule has 0 spiro atoms. The molecule has 1 amide bonds. The molecule has 1 N–H and O–H groups in total. The molecular weight excluding hydrogens is 304 g/mol. The number of rotatable bonds is 3. The third-order valence-electron chi connectivity index (χ3n) is 4.63. The average Bonchev–Trinajstić information content (AvgIpc) is 3.01. The van der Waals surface area contributed by atoms with E-state index in [2.05, 4.69) is 5.32 Å². The van der Waals surface area contributed by atoms with E-state index in [4.69, 9.17) is 9.47 Å². The van der Waals surface area contributed by atoms with Crippen molar-refractivity contribution in [3.05, 3.63) is 23.8 Å². The first-order valence-electron chi connectivity index (χ1n) is 7.45. The number of likely N-dealkylation sites (tertiary alicyclic amines) is 1. The molecule has 3 rings (SSSR count). The number of nitrogens with one attached hydrogen (secondary N) is 1. The van der Waals surface area contributed by atoms with Gasteiger partial charge < -0.3 is 19.7 Å². The first-order chi connectivity index (χ1) is 10.2. The molecule has 0 aromatic heterocycles. The van der Waals surface area contributed by atoms with E-state index in [-0.39, 0.29) is 18.3 Å². The predicted molar refractivity (Wildman–Crippen MR) is 87.2 cm³/mol. The summed E-state index contributed by atoms with van der Waals surface area (Å²) in [5.41, 5.74) is 0.584. The number of fused-ring (bicyclic) bond motifs is 1. The lowest BCUT2D eigenvalue weighted by atomic mass is 9.88. The van der Waals surface area contributed by atoms with Crippen LogP contribution >= 0.6 is 12.4 Å². The highest BCUT2D eigenvalue weighted by atomic mass is 35.5. The maximum Gasteiger partial charge on any atom is 0.257 e. The molecule has 122 valence electrons. The number of amides is 1. The van der Waals surface area contributed by atoms with Gasteiger partial charge in [0.1, 0.15) is 11.5 Å². The molecule has 0 bridgehead atoms. The first-order valence-corrected chi connectivity index (χ1v) is 7.45. The second kappa shape index (κ2) is 7.20. The quantitative estimate of drug-likeness (QED) is 0.920. The Kier molecular flexibility index (Phi) is 5.53. The number of hydrogen-bond donors (Lipinski definition) is 1.